The largest absolute Gasteiger partial charge is 0.504 e. The molecule has 0 bridgehead atoms. The number of rotatable bonds is 7. The van der Waals surface area contributed by atoms with Crippen LogP contribution in [0.15, 0.2) is 82.0 Å². The summed E-state index contributed by atoms with van der Waals surface area (Å²) < 4.78 is 31.7. The Morgan fingerprint density at radius 2 is 1.71 bits per heavy atom. The smallest absolute Gasteiger partial charge is 0.298 e. The highest BCUT2D eigenvalue weighted by atomic mass is 32.2. The lowest BCUT2D eigenvalue weighted by Crippen LogP contribution is -2.13. The molecular weight excluding hydrogens is 384 g/mol. The van der Waals surface area contributed by atoms with Crippen LogP contribution in [0, 0.1) is 0 Å². The maximum Gasteiger partial charge on any atom is 0.298 e. The Kier molecular flexibility index (Phi) is 5.61. The molecule has 0 saturated heterocycles. The van der Waals surface area contributed by atoms with Crippen molar-refractivity contribution >= 4 is 33.7 Å². The Morgan fingerprint density at radius 1 is 1.00 bits per heavy atom. The van der Waals surface area contributed by atoms with Crippen molar-refractivity contribution < 1.29 is 23.1 Å². The van der Waals surface area contributed by atoms with E-state index in [1.807, 2.05) is 0 Å². The van der Waals surface area contributed by atoms with Gasteiger partial charge < -0.3 is 9.84 Å². The van der Waals surface area contributed by atoms with Gasteiger partial charge in [-0.25, -0.2) is 13.4 Å². The van der Waals surface area contributed by atoms with E-state index in [4.69, 9.17) is 0 Å². The summed E-state index contributed by atoms with van der Waals surface area (Å²) in [5.74, 6) is -0.0403. The molecule has 0 aliphatic rings. The van der Waals surface area contributed by atoms with Crippen LogP contribution in [-0.2, 0) is 14.8 Å². The third-order valence-corrected chi connectivity index (χ3v) is 4.82. The van der Waals surface area contributed by atoms with E-state index in [1.54, 1.807) is 18.2 Å². The predicted octanol–water partition coefficient (Wildman–Crippen LogP) is 3.54. The van der Waals surface area contributed by atoms with E-state index in [9.17, 15) is 18.3 Å². The average Bonchev–Trinajstić information content (AvgIpc) is 2.69. The standard InChI is InChI=1S/C18H14N4O5S/c23-12-27-17-11-14(6-9-16(17)24)21-20-13-4-7-15(8-5-13)28(25,26)22-18-3-1-2-10-19-18/h1-12,24H,(H,19,22). The van der Waals surface area contributed by atoms with Crippen molar-refractivity contribution in [3.05, 3.63) is 66.9 Å². The molecule has 0 fully saturated rings. The number of aromatic hydroxyl groups is 1. The molecule has 0 saturated carbocycles. The molecule has 1 heterocycles. The van der Waals surface area contributed by atoms with E-state index < -0.39 is 10.0 Å². The van der Waals surface area contributed by atoms with Crippen LogP contribution in [-0.4, -0.2) is 25.0 Å². The molecule has 0 aliphatic carbocycles. The molecule has 2 N–H and O–H groups in total. The summed E-state index contributed by atoms with van der Waals surface area (Å²) in [7, 11) is -3.78. The molecule has 0 unspecified atom stereocenters. The van der Waals surface area contributed by atoms with Gasteiger partial charge in [0, 0.05) is 12.3 Å². The van der Waals surface area contributed by atoms with Crippen LogP contribution >= 0.6 is 0 Å². The summed E-state index contributed by atoms with van der Waals surface area (Å²) >= 11 is 0. The first-order valence-corrected chi connectivity index (χ1v) is 9.35. The van der Waals surface area contributed by atoms with Crippen molar-refractivity contribution in [3.8, 4) is 11.5 Å². The number of nitrogens with zero attached hydrogens (tertiary/aromatic N) is 3. The number of pyridine rings is 1. The summed E-state index contributed by atoms with van der Waals surface area (Å²) in [5, 5.41) is 17.5. The molecule has 0 radical (unpaired) electrons. The summed E-state index contributed by atoms with van der Waals surface area (Å²) in [6, 6.07) is 14.8. The van der Waals surface area contributed by atoms with E-state index >= 15 is 0 Å². The van der Waals surface area contributed by atoms with Crippen LogP contribution in [0.4, 0.5) is 17.2 Å². The number of azo groups is 1. The highest BCUT2D eigenvalue weighted by Crippen LogP contribution is 2.31. The topological polar surface area (TPSA) is 130 Å². The molecule has 2 aromatic carbocycles. The zero-order chi connectivity index (χ0) is 20.0. The number of aromatic nitrogens is 1. The molecule has 0 spiro atoms. The first-order valence-electron chi connectivity index (χ1n) is 7.87. The van der Waals surface area contributed by atoms with Crippen molar-refractivity contribution in [1.82, 2.24) is 4.98 Å². The Morgan fingerprint density at radius 3 is 2.39 bits per heavy atom. The van der Waals surface area contributed by atoms with Gasteiger partial charge >= 0.3 is 0 Å². The Hall–Kier alpha value is -3.79. The number of phenolic OH excluding ortho intramolecular Hbond substituents is 1. The molecule has 0 atom stereocenters. The molecule has 3 aromatic rings. The van der Waals surface area contributed by atoms with E-state index in [2.05, 4.69) is 24.7 Å². The Labute approximate surface area is 160 Å². The van der Waals surface area contributed by atoms with Crippen LogP contribution in [0.5, 0.6) is 11.5 Å². The molecule has 28 heavy (non-hydrogen) atoms. The monoisotopic (exact) mass is 398 g/mol. The summed E-state index contributed by atoms with van der Waals surface area (Å²) in [4.78, 5) is 14.4. The van der Waals surface area contributed by atoms with Crippen molar-refractivity contribution in [1.29, 1.82) is 0 Å². The van der Waals surface area contributed by atoms with Crippen LogP contribution < -0.4 is 9.46 Å². The number of phenols is 1. The predicted molar refractivity (Wildman–Crippen MR) is 100 cm³/mol. The number of carbonyl (C=O) groups excluding carboxylic acids is 1. The van der Waals surface area contributed by atoms with E-state index in [1.165, 1.54) is 48.7 Å². The number of benzene rings is 2. The van der Waals surface area contributed by atoms with Crippen molar-refractivity contribution in [2.24, 2.45) is 10.2 Å². The highest BCUT2D eigenvalue weighted by molar-refractivity contribution is 7.92. The highest BCUT2D eigenvalue weighted by Gasteiger charge is 2.14. The number of hydrogen-bond acceptors (Lipinski definition) is 8. The minimum absolute atomic E-state index is 0.0448. The minimum atomic E-state index is -3.78. The van der Waals surface area contributed by atoms with Gasteiger partial charge in [-0.1, -0.05) is 6.07 Å². The first-order chi connectivity index (χ1) is 13.5. The first kappa shape index (κ1) is 19.0. The Bertz CT molecular complexity index is 1100. The average molecular weight is 398 g/mol. The molecule has 10 heteroatoms. The van der Waals surface area contributed by atoms with Crippen LogP contribution in [0.1, 0.15) is 0 Å². The maximum atomic E-state index is 12.4. The summed E-state index contributed by atoms with van der Waals surface area (Å²) in [6.45, 7) is 0.189. The number of ether oxygens (including phenoxy) is 1. The molecule has 0 amide bonds. The van der Waals surface area contributed by atoms with Gasteiger partial charge in [0.05, 0.1) is 16.3 Å². The second kappa shape index (κ2) is 8.27. The molecule has 142 valence electrons. The fraction of sp³-hybridized carbons (Fsp3) is 0. The SMILES string of the molecule is O=COc1cc(N=Nc2ccc(S(=O)(=O)Nc3ccccn3)cc2)ccc1O. The maximum absolute atomic E-state index is 12.4. The van der Waals surface area contributed by atoms with Crippen molar-refractivity contribution in [2.45, 2.75) is 4.90 Å². The van der Waals surface area contributed by atoms with Gasteiger partial charge in [-0.2, -0.15) is 10.2 Å². The number of sulfonamides is 1. The second-order valence-electron chi connectivity index (χ2n) is 5.38. The van der Waals surface area contributed by atoms with Gasteiger partial charge in [-0.3, -0.25) is 9.52 Å². The van der Waals surface area contributed by atoms with E-state index in [0.29, 0.717) is 11.4 Å². The number of carbonyl (C=O) groups is 1. The van der Waals surface area contributed by atoms with Gasteiger partial charge in [0.15, 0.2) is 11.5 Å². The second-order valence-corrected chi connectivity index (χ2v) is 7.06. The molecule has 3 rings (SSSR count). The lowest BCUT2D eigenvalue weighted by molar-refractivity contribution is -0.120. The lowest BCUT2D eigenvalue weighted by atomic mass is 10.3. The number of nitrogens with one attached hydrogen (secondary N) is 1. The number of anilines is 1. The van der Waals surface area contributed by atoms with Crippen molar-refractivity contribution in [3.63, 3.8) is 0 Å². The zero-order valence-corrected chi connectivity index (χ0v) is 15.1. The normalized spacial score (nSPS) is 11.3. The third-order valence-electron chi connectivity index (χ3n) is 3.45. The summed E-state index contributed by atoms with van der Waals surface area (Å²) in [5.41, 5.74) is 0.742. The quantitative estimate of drug-likeness (QED) is 0.462. The molecule has 1 aromatic heterocycles. The van der Waals surface area contributed by atoms with Gasteiger partial charge in [0.2, 0.25) is 0 Å². The van der Waals surface area contributed by atoms with Crippen LogP contribution in [0.25, 0.3) is 0 Å². The van der Waals surface area contributed by atoms with Gasteiger partial charge in [-0.05, 0) is 48.5 Å². The van der Waals surface area contributed by atoms with E-state index in [-0.39, 0.29) is 28.7 Å². The molecule has 9 nitrogen and oxygen atoms in total. The lowest BCUT2D eigenvalue weighted by Gasteiger charge is -2.07. The molecular formula is C18H14N4O5S. The van der Waals surface area contributed by atoms with Gasteiger partial charge in [0.25, 0.3) is 16.5 Å². The van der Waals surface area contributed by atoms with Gasteiger partial charge in [-0.15, -0.1) is 0 Å². The third kappa shape index (κ3) is 4.68. The van der Waals surface area contributed by atoms with Crippen LogP contribution in [0.2, 0.25) is 0 Å². The minimum Gasteiger partial charge on any atom is -0.504 e. The Balaban J connectivity index is 1.75. The number of hydrogen-bond donors (Lipinski definition) is 2. The zero-order valence-electron chi connectivity index (χ0n) is 14.3. The van der Waals surface area contributed by atoms with Crippen LogP contribution in [0.3, 0.4) is 0 Å². The van der Waals surface area contributed by atoms with E-state index in [0.717, 1.165) is 0 Å². The van der Waals surface area contributed by atoms with Crippen molar-refractivity contribution in [2.75, 3.05) is 4.72 Å². The molecule has 0 aliphatic heterocycles. The summed E-state index contributed by atoms with van der Waals surface area (Å²) in [6.07, 6.45) is 1.48. The fourth-order valence-corrected chi connectivity index (χ4v) is 3.15. The van der Waals surface area contributed by atoms with Gasteiger partial charge in [0.1, 0.15) is 5.82 Å². The fourth-order valence-electron chi connectivity index (χ4n) is 2.14.